The molecule has 0 saturated carbocycles. The zero-order valence-corrected chi connectivity index (χ0v) is 9.42. The molecule has 1 saturated heterocycles. The van der Waals surface area contributed by atoms with Gasteiger partial charge in [-0.1, -0.05) is 0 Å². The molecule has 6 atom stereocenters. The second kappa shape index (κ2) is 6.38. The SMILES string of the molecule is NC(=O)[C@@H](CO)O[C@H]1O[C@H](CO)[C@@H](O)[C@H](O)[C@@H]1O. The van der Waals surface area contributed by atoms with Crippen LogP contribution in [0.25, 0.3) is 0 Å². The standard InChI is InChI=1S/C9H17NO8/c10-8(16)4(2-12)18-9-7(15)6(14)5(13)3(1-11)17-9/h3-7,9,11-15H,1-2H2,(H2,10,16)/t3-,4-,5-,6+,7+,9-/m1/s1. The Kier molecular flexibility index (Phi) is 5.41. The van der Waals surface area contributed by atoms with E-state index in [-0.39, 0.29) is 0 Å². The lowest BCUT2D eigenvalue weighted by Crippen LogP contribution is -2.60. The Hall–Kier alpha value is -0.810. The number of amides is 1. The van der Waals surface area contributed by atoms with Crippen molar-refractivity contribution in [2.45, 2.75) is 36.8 Å². The van der Waals surface area contributed by atoms with Crippen LogP contribution in [0.3, 0.4) is 0 Å². The average molecular weight is 267 g/mol. The number of primary amides is 1. The van der Waals surface area contributed by atoms with Crippen LogP contribution in [0.1, 0.15) is 0 Å². The van der Waals surface area contributed by atoms with E-state index in [4.69, 9.17) is 25.4 Å². The molecule has 106 valence electrons. The van der Waals surface area contributed by atoms with Gasteiger partial charge in [-0.15, -0.1) is 0 Å². The lowest BCUT2D eigenvalue weighted by atomic mass is 9.99. The third-order valence-corrected chi connectivity index (χ3v) is 2.63. The maximum Gasteiger partial charge on any atom is 0.249 e. The van der Waals surface area contributed by atoms with Gasteiger partial charge in [-0.25, -0.2) is 0 Å². The lowest BCUT2D eigenvalue weighted by Gasteiger charge is -2.40. The second-order valence-corrected chi connectivity index (χ2v) is 3.91. The first-order chi connectivity index (χ1) is 8.42. The first kappa shape index (κ1) is 15.2. The van der Waals surface area contributed by atoms with Crippen molar-refractivity contribution >= 4 is 5.91 Å². The minimum atomic E-state index is -1.64. The molecule has 0 aromatic rings. The van der Waals surface area contributed by atoms with Gasteiger partial charge in [-0.2, -0.15) is 0 Å². The minimum absolute atomic E-state index is 0.620. The molecular formula is C9H17NO8. The normalized spacial score (nSPS) is 38.4. The summed E-state index contributed by atoms with van der Waals surface area (Å²) in [4.78, 5) is 10.8. The molecule has 0 aromatic carbocycles. The van der Waals surface area contributed by atoms with E-state index >= 15 is 0 Å². The number of rotatable bonds is 5. The van der Waals surface area contributed by atoms with Crippen LogP contribution < -0.4 is 5.73 Å². The number of aliphatic hydroxyl groups is 5. The third kappa shape index (κ3) is 3.14. The molecule has 0 aliphatic carbocycles. The maximum atomic E-state index is 10.8. The first-order valence-corrected chi connectivity index (χ1v) is 5.28. The van der Waals surface area contributed by atoms with E-state index in [1.165, 1.54) is 0 Å². The molecule has 0 unspecified atom stereocenters. The van der Waals surface area contributed by atoms with Gasteiger partial charge in [0.25, 0.3) is 0 Å². The summed E-state index contributed by atoms with van der Waals surface area (Å²) in [6.07, 6.45) is -8.85. The van der Waals surface area contributed by atoms with Crippen molar-refractivity contribution in [3.05, 3.63) is 0 Å². The summed E-state index contributed by atoms with van der Waals surface area (Å²) < 4.78 is 9.85. The molecule has 1 heterocycles. The minimum Gasteiger partial charge on any atom is -0.394 e. The molecule has 0 spiro atoms. The van der Waals surface area contributed by atoms with Crippen LogP contribution in [-0.4, -0.2) is 81.5 Å². The van der Waals surface area contributed by atoms with Gasteiger partial charge in [-0.05, 0) is 0 Å². The van der Waals surface area contributed by atoms with Crippen molar-refractivity contribution in [1.29, 1.82) is 0 Å². The van der Waals surface area contributed by atoms with Crippen LogP contribution in [0.4, 0.5) is 0 Å². The Morgan fingerprint density at radius 2 is 1.83 bits per heavy atom. The van der Waals surface area contributed by atoms with Gasteiger partial charge in [0.05, 0.1) is 13.2 Å². The summed E-state index contributed by atoms with van der Waals surface area (Å²) >= 11 is 0. The van der Waals surface area contributed by atoms with Gasteiger partial charge in [0.2, 0.25) is 5.91 Å². The number of nitrogens with two attached hydrogens (primary N) is 1. The monoisotopic (exact) mass is 267 g/mol. The lowest BCUT2D eigenvalue weighted by molar-refractivity contribution is -0.310. The molecule has 1 amide bonds. The third-order valence-electron chi connectivity index (χ3n) is 2.63. The van der Waals surface area contributed by atoms with Crippen molar-refractivity contribution in [3.8, 4) is 0 Å². The largest absolute Gasteiger partial charge is 0.394 e. The molecule has 0 radical (unpaired) electrons. The highest BCUT2D eigenvalue weighted by Gasteiger charge is 2.45. The Morgan fingerprint density at radius 3 is 2.28 bits per heavy atom. The second-order valence-electron chi connectivity index (χ2n) is 3.91. The smallest absolute Gasteiger partial charge is 0.249 e. The van der Waals surface area contributed by atoms with Crippen molar-refractivity contribution in [3.63, 3.8) is 0 Å². The van der Waals surface area contributed by atoms with Crippen molar-refractivity contribution in [1.82, 2.24) is 0 Å². The maximum absolute atomic E-state index is 10.8. The number of ether oxygens (including phenoxy) is 2. The molecule has 1 rings (SSSR count). The summed E-state index contributed by atoms with van der Waals surface area (Å²) in [7, 11) is 0. The topological polar surface area (TPSA) is 163 Å². The van der Waals surface area contributed by atoms with Gasteiger partial charge in [0, 0.05) is 0 Å². The van der Waals surface area contributed by atoms with Crippen LogP contribution in [0, 0.1) is 0 Å². The van der Waals surface area contributed by atoms with E-state index in [9.17, 15) is 20.1 Å². The molecule has 0 aromatic heterocycles. The van der Waals surface area contributed by atoms with Gasteiger partial charge in [0.15, 0.2) is 12.4 Å². The van der Waals surface area contributed by atoms with E-state index in [0.29, 0.717) is 0 Å². The average Bonchev–Trinajstić information content (AvgIpc) is 2.35. The van der Waals surface area contributed by atoms with Crippen molar-refractivity contribution in [2.75, 3.05) is 13.2 Å². The molecule has 1 fully saturated rings. The Bertz CT molecular complexity index is 286. The van der Waals surface area contributed by atoms with E-state index in [2.05, 4.69) is 0 Å². The number of carbonyl (C=O) groups excluding carboxylic acids is 1. The fraction of sp³-hybridized carbons (Fsp3) is 0.889. The van der Waals surface area contributed by atoms with Gasteiger partial charge in [0.1, 0.15) is 24.4 Å². The highest BCUT2D eigenvalue weighted by atomic mass is 16.7. The molecule has 18 heavy (non-hydrogen) atoms. The Labute approximate surface area is 102 Å². The van der Waals surface area contributed by atoms with Crippen molar-refractivity contribution < 1.29 is 39.8 Å². The summed E-state index contributed by atoms with van der Waals surface area (Å²) in [6.45, 7) is -1.35. The highest BCUT2D eigenvalue weighted by molar-refractivity contribution is 5.78. The van der Waals surface area contributed by atoms with E-state index in [1.807, 2.05) is 0 Å². The molecule has 0 bridgehead atoms. The highest BCUT2D eigenvalue weighted by Crippen LogP contribution is 2.22. The number of hydrogen-bond donors (Lipinski definition) is 6. The van der Waals surface area contributed by atoms with Gasteiger partial charge >= 0.3 is 0 Å². The van der Waals surface area contributed by atoms with Crippen LogP contribution in [0.2, 0.25) is 0 Å². The molecule has 1 aliphatic heterocycles. The van der Waals surface area contributed by atoms with Crippen LogP contribution in [-0.2, 0) is 14.3 Å². The number of carbonyl (C=O) groups is 1. The molecular weight excluding hydrogens is 250 g/mol. The summed E-state index contributed by atoms with van der Waals surface area (Å²) in [6, 6.07) is 0. The predicted octanol–water partition coefficient (Wildman–Crippen LogP) is -4.35. The van der Waals surface area contributed by atoms with E-state index < -0.39 is 55.9 Å². The number of hydrogen-bond acceptors (Lipinski definition) is 8. The Morgan fingerprint density at radius 1 is 1.22 bits per heavy atom. The zero-order chi connectivity index (χ0) is 13.9. The van der Waals surface area contributed by atoms with Crippen LogP contribution >= 0.6 is 0 Å². The number of aliphatic hydroxyl groups excluding tert-OH is 5. The summed E-state index contributed by atoms with van der Waals surface area (Å²) in [5, 5.41) is 46.2. The van der Waals surface area contributed by atoms with E-state index in [1.54, 1.807) is 0 Å². The van der Waals surface area contributed by atoms with Gasteiger partial charge in [-0.3, -0.25) is 4.79 Å². The first-order valence-electron chi connectivity index (χ1n) is 5.28. The Balaban J connectivity index is 2.72. The van der Waals surface area contributed by atoms with Crippen molar-refractivity contribution in [2.24, 2.45) is 5.73 Å². The predicted molar refractivity (Wildman–Crippen MR) is 54.9 cm³/mol. The molecule has 9 heteroatoms. The molecule has 1 aliphatic rings. The fourth-order valence-electron chi connectivity index (χ4n) is 1.54. The van der Waals surface area contributed by atoms with E-state index in [0.717, 1.165) is 0 Å². The van der Waals surface area contributed by atoms with Crippen LogP contribution in [0.15, 0.2) is 0 Å². The zero-order valence-electron chi connectivity index (χ0n) is 9.42. The molecule has 7 N–H and O–H groups in total. The van der Waals surface area contributed by atoms with Gasteiger partial charge < -0.3 is 40.7 Å². The van der Waals surface area contributed by atoms with Crippen LogP contribution in [0.5, 0.6) is 0 Å². The quantitative estimate of drug-likeness (QED) is 0.291. The molecule has 9 nitrogen and oxygen atoms in total. The summed E-state index contributed by atoms with van der Waals surface area (Å²) in [5.41, 5.74) is 4.92. The fourth-order valence-corrected chi connectivity index (χ4v) is 1.54. The summed E-state index contributed by atoms with van der Waals surface area (Å²) in [5.74, 6) is -0.977.